The number of rotatable bonds is 3. The fourth-order valence-corrected chi connectivity index (χ4v) is 2.25. The largest absolute Gasteiger partial charge is 0.508 e. The molecule has 3 rings (SSSR count). The van der Waals surface area contributed by atoms with Crippen LogP contribution in [0.15, 0.2) is 54.2 Å². The molecule has 1 heterocycles. The molecule has 5 heteroatoms. The number of benzene rings is 2. The van der Waals surface area contributed by atoms with E-state index in [1.807, 2.05) is 0 Å². The minimum absolute atomic E-state index is 0.0572. The van der Waals surface area contributed by atoms with Crippen LogP contribution >= 0.6 is 0 Å². The summed E-state index contributed by atoms with van der Waals surface area (Å²) in [5.74, 6) is 0.163. The number of phenols is 1. The molecule has 2 aromatic rings. The molecule has 0 unspecified atom stereocenters. The molecule has 2 aromatic carbocycles. The molecule has 0 atom stereocenters. The summed E-state index contributed by atoms with van der Waals surface area (Å²) >= 11 is 0. The van der Waals surface area contributed by atoms with Gasteiger partial charge >= 0.3 is 0 Å². The van der Waals surface area contributed by atoms with Crippen molar-refractivity contribution < 1.29 is 19.4 Å². The summed E-state index contributed by atoms with van der Waals surface area (Å²) in [7, 11) is 1.55. The van der Waals surface area contributed by atoms with E-state index in [1.54, 1.807) is 31.4 Å². The Morgan fingerprint density at radius 1 is 1.18 bits per heavy atom. The van der Waals surface area contributed by atoms with Crippen molar-refractivity contribution in [1.82, 2.24) is 0 Å². The Balaban J connectivity index is 1.86. The molecule has 0 bridgehead atoms. The van der Waals surface area contributed by atoms with Crippen LogP contribution in [-0.4, -0.2) is 23.8 Å². The minimum atomic E-state index is -0.282. The molecular formula is C17H13NO4. The molecule has 0 aliphatic carbocycles. The zero-order valence-corrected chi connectivity index (χ0v) is 11.8. The first kappa shape index (κ1) is 13.9. The summed E-state index contributed by atoms with van der Waals surface area (Å²) in [5.41, 5.74) is 1.59. The van der Waals surface area contributed by atoms with Crippen molar-refractivity contribution >= 4 is 17.3 Å². The predicted octanol–water partition coefficient (Wildman–Crippen LogP) is 2.78. The lowest BCUT2D eigenvalue weighted by atomic mass is 10.1. The van der Waals surface area contributed by atoms with Crippen molar-refractivity contribution in [3.8, 4) is 11.5 Å². The first-order valence-electron chi connectivity index (χ1n) is 6.63. The molecule has 110 valence electrons. The van der Waals surface area contributed by atoms with E-state index in [0.29, 0.717) is 22.6 Å². The lowest BCUT2D eigenvalue weighted by molar-refractivity contribution is 0.101. The molecule has 0 spiro atoms. The van der Waals surface area contributed by atoms with Crippen LogP contribution in [0.5, 0.6) is 11.5 Å². The number of carbonyl (C=O) groups excluding carboxylic acids is 2. The number of hydrogen-bond donors (Lipinski definition) is 2. The third-order valence-corrected chi connectivity index (χ3v) is 3.41. The van der Waals surface area contributed by atoms with Crippen LogP contribution in [0.2, 0.25) is 0 Å². The van der Waals surface area contributed by atoms with E-state index in [4.69, 9.17) is 4.74 Å². The van der Waals surface area contributed by atoms with Gasteiger partial charge in [-0.15, -0.1) is 0 Å². The maximum atomic E-state index is 12.2. The smallest absolute Gasteiger partial charge is 0.211 e. The molecule has 22 heavy (non-hydrogen) atoms. The van der Waals surface area contributed by atoms with E-state index in [9.17, 15) is 14.7 Å². The van der Waals surface area contributed by atoms with E-state index in [-0.39, 0.29) is 23.0 Å². The topological polar surface area (TPSA) is 75.6 Å². The van der Waals surface area contributed by atoms with E-state index >= 15 is 0 Å². The van der Waals surface area contributed by atoms with Crippen LogP contribution in [-0.2, 0) is 0 Å². The van der Waals surface area contributed by atoms with E-state index in [1.165, 1.54) is 24.3 Å². The van der Waals surface area contributed by atoms with Gasteiger partial charge in [-0.1, -0.05) is 0 Å². The summed E-state index contributed by atoms with van der Waals surface area (Å²) in [4.78, 5) is 24.4. The standard InChI is InChI=1S/C17H13NO4/c1-22-12-5-2-10(3-6-12)16(20)9-15-17(21)13-7-4-11(19)8-14(13)18-15/h2-9,18-19H,1H3/b15-9-. The molecule has 0 aromatic heterocycles. The van der Waals surface area contributed by atoms with Gasteiger partial charge in [-0.3, -0.25) is 9.59 Å². The van der Waals surface area contributed by atoms with E-state index in [0.717, 1.165) is 0 Å². The minimum Gasteiger partial charge on any atom is -0.508 e. The average molecular weight is 295 g/mol. The van der Waals surface area contributed by atoms with Crippen LogP contribution < -0.4 is 10.1 Å². The highest BCUT2D eigenvalue weighted by Crippen LogP contribution is 2.31. The Labute approximate surface area is 126 Å². The van der Waals surface area contributed by atoms with Gasteiger partial charge < -0.3 is 15.2 Å². The highest BCUT2D eigenvalue weighted by Gasteiger charge is 2.25. The number of methoxy groups -OCH3 is 1. The molecule has 0 saturated heterocycles. The molecule has 0 saturated carbocycles. The van der Waals surface area contributed by atoms with Gasteiger partial charge in [0.15, 0.2) is 5.78 Å². The Morgan fingerprint density at radius 3 is 2.59 bits per heavy atom. The van der Waals surface area contributed by atoms with Crippen molar-refractivity contribution in [3.05, 3.63) is 65.4 Å². The monoisotopic (exact) mass is 295 g/mol. The number of anilines is 1. The van der Waals surface area contributed by atoms with Gasteiger partial charge in [-0.25, -0.2) is 0 Å². The number of phenolic OH excluding ortho intramolecular Hbond substituents is 1. The van der Waals surface area contributed by atoms with Crippen LogP contribution in [0, 0.1) is 0 Å². The van der Waals surface area contributed by atoms with Crippen molar-refractivity contribution in [2.45, 2.75) is 0 Å². The molecule has 0 fully saturated rings. The molecule has 1 aliphatic rings. The second kappa shape index (κ2) is 5.37. The second-order valence-electron chi connectivity index (χ2n) is 4.83. The van der Waals surface area contributed by atoms with Gasteiger partial charge in [0.05, 0.1) is 18.5 Å². The van der Waals surface area contributed by atoms with Crippen LogP contribution in [0.25, 0.3) is 0 Å². The molecule has 5 nitrogen and oxygen atoms in total. The Kier molecular flexibility index (Phi) is 3.39. The van der Waals surface area contributed by atoms with Gasteiger partial charge in [0.25, 0.3) is 0 Å². The highest BCUT2D eigenvalue weighted by molar-refractivity contribution is 6.22. The van der Waals surface area contributed by atoms with Gasteiger partial charge in [0.1, 0.15) is 11.5 Å². The number of ketones is 2. The summed E-state index contributed by atoms with van der Waals surface area (Å²) < 4.78 is 5.04. The summed E-state index contributed by atoms with van der Waals surface area (Å²) in [6, 6.07) is 11.1. The highest BCUT2D eigenvalue weighted by atomic mass is 16.5. The van der Waals surface area contributed by atoms with Crippen molar-refractivity contribution in [3.63, 3.8) is 0 Å². The molecular weight excluding hydrogens is 282 g/mol. The Bertz CT molecular complexity index is 791. The van der Waals surface area contributed by atoms with Gasteiger partial charge in [-0.2, -0.15) is 0 Å². The Hall–Kier alpha value is -3.08. The van der Waals surface area contributed by atoms with Crippen LogP contribution in [0.3, 0.4) is 0 Å². The SMILES string of the molecule is COc1ccc(C(=O)/C=C2\Nc3cc(O)ccc3C2=O)cc1. The summed E-state index contributed by atoms with van der Waals surface area (Å²) in [5, 5.41) is 12.3. The average Bonchev–Trinajstić information content (AvgIpc) is 2.82. The number of fused-ring (bicyclic) bond motifs is 1. The normalized spacial score (nSPS) is 14.6. The quantitative estimate of drug-likeness (QED) is 0.672. The van der Waals surface area contributed by atoms with Crippen LogP contribution in [0.4, 0.5) is 5.69 Å². The number of allylic oxidation sites excluding steroid dienone is 2. The number of nitrogens with one attached hydrogen (secondary N) is 1. The number of hydrogen-bond acceptors (Lipinski definition) is 5. The molecule has 2 N–H and O–H groups in total. The number of aromatic hydroxyl groups is 1. The number of carbonyl (C=O) groups is 2. The van der Waals surface area contributed by atoms with Crippen LogP contribution in [0.1, 0.15) is 20.7 Å². The fraction of sp³-hybridized carbons (Fsp3) is 0.0588. The maximum Gasteiger partial charge on any atom is 0.211 e. The Morgan fingerprint density at radius 2 is 1.91 bits per heavy atom. The zero-order valence-electron chi connectivity index (χ0n) is 11.8. The third kappa shape index (κ3) is 2.44. The predicted molar refractivity (Wildman–Crippen MR) is 81.5 cm³/mol. The van der Waals surface area contributed by atoms with Crippen molar-refractivity contribution in [1.29, 1.82) is 0 Å². The van der Waals surface area contributed by atoms with E-state index in [2.05, 4.69) is 5.32 Å². The molecule has 1 aliphatic heterocycles. The molecule has 0 radical (unpaired) electrons. The second-order valence-corrected chi connectivity index (χ2v) is 4.83. The van der Waals surface area contributed by atoms with Crippen molar-refractivity contribution in [2.75, 3.05) is 12.4 Å². The first-order valence-corrected chi connectivity index (χ1v) is 6.63. The fourth-order valence-electron chi connectivity index (χ4n) is 2.25. The third-order valence-electron chi connectivity index (χ3n) is 3.41. The van der Waals surface area contributed by atoms with Gasteiger partial charge in [-0.05, 0) is 36.4 Å². The summed E-state index contributed by atoms with van der Waals surface area (Å²) in [6.45, 7) is 0. The lowest BCUT2D eigenvalue weighted by Crippen LogP contribution is -2.05. The maximum absolute atomic E-state index is 12.2. The zero-order chi connectivity index (χ0) is 15.7. The first-order chi connectivity index (χ1) is 10.6. The van der Waals surface area contributed by atoms with Crippen molar-refractivity contribution in [2.24, 2.45) is 0 Å². The van der Waals surface area contributed by atoms with E-state index < -0.39 is 0 Å². The summed E-state index contributed by atoms with van der Waals surface area (Å²) in [6.07, 6.45) is 1.27. The lowest BCUT2D eigenvalue weighted by Gasteiger charge is -2.01. The van der Waals surface area contributed by atoms with Gasteiger partial charge in [0.2, 0.25) is 5.78 Å². The number of ether oxygens (including phenoxy) is 1. The van der Waals surface area contributed by atoms with Gasteiger partial charge in [0, 0.05) is 23.3 Å². The molecule has 0 amide bonds. The number of Topliss-reactive ketones (excluding diaryl/α,β-unsaturated/α-hetero) is 1.